The van der Waals surface area contributed by atoms with Crippen molar-refractivity contribution in [3.05, 3.63) is 59.9 Å². The van der Waals surface area contributed by atoms with Crippen LogP contribution in [0, 0.1) is 6.92 Å². The van der Waals surface area contributed by atoms with Crippen LogP contribution >= 0.6 is 0 Å². The molecule has 0 aliphatic heterocycles. The van der Waals surface area contributed by atoms with Crippen molar-refractivity contribution in [2.45, 2.75) is 19.9 Å². The van der Waals surface area contributed by atoms with Gasteiger partial charge in [-0.15, -0.1) is 0 Å². The van der Waals surface area contributed by atoms with Crippen molar-refractivity contribution in [2.75, 3.05) is 13.2 Å². The zero-order valence-electron chi connectivity index (χ0n) is 12.7. The molecule has 116 valence electrons. The van der Waals surface area contributed by atoms with E-state index in [1.807, 2.05) is 43.3 Å². The number of nitrogens with zero attached hydrogens (tertiary/aromatic N) is 1. The van der Waals surface area contributed by atoms with Gasteiger partial charge in [0.1, 0.15) is 5.75 Å². The Morgan fingerprint density at radius 3 is 2.68 bits per heavy atom. The highest BCUT2D eigenvalue weighted by Crippen LogP contribution is 2.15. The molecule has 0 saturated carbocycles. The Bertz CT molecular complexity index is 587. The first-order chi connectivity index (χ1) is 10.8. The quantitative estimate of drug-likeness (QED) is 0.773. The van der Waals surface area contributed by atoms with Crippen molar-refractivity contribution >= 4 is 6.03 Å². The summed E-state index contributed by atoms with van der Waals surface area (Å²) >= 11 is 0. The number of hydrogen-bond donors (Lipinski definition) is 2. The third-order valence-corrected chi connectivity index (χ3v) is 3.16. The second-order valence-electron chi connectivity index (χ2n) is 4.93. The summed E-state index contributed by atoms with van der Waals surface area (Å²) in [5.41, 5.74) is 2.14. The molecule has 0 spiro atoms. The number of aromatic nitrogens is 1. The summed E-state index contributed by atoms with van der Waals surface area (Å²) in [5, 5.41) is 5.61. The SMILES string of the molecule is Cc1ccccc1OCCCNC(=O)NCc1ccncc1. The summed E-state index contributed by atoms with van der Waals surface area (Å²) in [6.07, 6.45) is 4.17. The minimum Gasteiger partial charge on any atom is -0.493 e. The van der Waals surface area contributed by atoms with Crippen LogP contribution in [-0.4, -0.2) is 24.2 Å². The van der Waals surface area contributed by atoms with E-state index in [1.54, 1.807) is 12.4 Å². The fraction of sp³-hybridized carbons (Fsp3) is 0.294. The Kier molecular flexibility index (Phi) is 6.23. The van der Waals surface area contributed by atoms with E-state index in [2.05, 4.69) is 15.6 Å². The lowest BCUT2D eigenvalue weighted by Gasteiger charge is -2.10. The number of benzene rings is 1. The maximum Gasteiger partial charge on any atom is 0.315 e. The van der Waals surface area contributed by atoms with Crippen LogP contribution in [0.4, 0.5) is 4.79 Å². The molecule has 22 heavy (non-hydrogen) atoms. The molecule has 5 heteroatoms. The molecule has 0 fully saturated rings. The topological polar surface area (TPSA) is 63.2 Å². The van der Waals surface area contributed by atoms with Gasteiger partial charge < -0.3 is 15.4 Å². The Labute approximate surface area is 130 Å². The van der Waals surface area contributed by atoms with Crippen LogP contribution in [0.15, 0.2) is 48.8 Å². The molecule has 1 heterocycles. The highest BCUT2D eigenvalue weighted by atomic mass is 16.5. The van der Waals surface area contributed by atoms with Crippen LogP contribution in [0.5, 0.6) is 5.75 Å². The third-order valence-electron chi connectivity index (χ3n) is 3.16. The van der Waals surface area contributed by atoms with Gasteiger partial charge in [0, 0.05) is 25.5 Å². The van der Waals surface area contributed by atoms with E-state index in [1.165, 1.54) is 0 Å². The van der Waals surface area contributed by atoms with Gasteiger partial charge in [-0.05, 0) is 42.7 Å². The second-order valence-corrected chi connectivity index (χ2v) is 4.93. The molecule has 0 saturated heterocycles. The summed E-state index contributed by atoms with van der Waals surface area (Å²) in [6, 6.07) is 11.5. The number of amides is 2. The minimum absolute atomic E-state index is 0.173. The molecule has 2 aromatic rings. The largest absolute Gasteiger partial charge is 0.493 e. The molecule has 0 radical (unpaired) electrons. The van der Waals surface area contributed by atoms with Gasteiger partial charge in [0.05, 0.1) is 6.61 Å². The normalized spacial score (nSPS) is 10.0. The smallest absolute Gasteiger partial charge is 0.315 e. The van der Waals surface area contributed by atoms with Gasteiger partial charge in [-0.3, -0.25) is 4.98 Å². The predicted molar refractivity (Wildman–Crippen MR) is 85.8 cm³/mol. The van der Waals surface area contributed by atoms with Gasteiger partial charge in [-0.1, -0.05) is 18.2 Å². The lowest BCUT2D eigenvalue weighted by molar-refractivity contribution is 0.238. The zero-order valence-corrected chi connectivity index (χ0v) is 12.7. The van der Waals surface area contributed by atoms with E-state index in [0.717, 1.165) is 23.3 Å². The van der Waals surface area contributed by atoms with Crippen LogP contribution in [0.25, 0.3) is 0 Å². The first-order valence-electron chi connectivity index (χ1n) is 7.35. The lowest BCUT2D eigenvalue weighted by atomic mass is 10.2. The molecule has 0 bridgehead atoms. The monoisotopic (exact) mass is 299 g/mol. The highest BCUT2D eigenvalue weighted by Gasteiger charge is 2.00. The van der Waals surface area contributed by atoms with Crippen molar-refractivity contribution in [1.29, 1.82) is 0 Å². The van der Waals surface area contributed by atoms with E-state index in [4.69, 9.17) is 4.74 Å². The molecular formula is C17H21N3O2. The van der Waals surface area contributed by atoms with E-state index >= 15 is 0 Å². The Morgan fingerprint density at radius 1 is 1.14 bits per heavy atom. The van der Waals surface area contributed by atoms with E-state index < -0.39 is 0 Å². The number of urea groups is 1. The number of rotatable bonds is 7. The molecule has 0 aliphatic rings. The highest BCUT2D eigenvalue weighted by molar-refractivity contribution is 5.73. The van der Waals surface area contributed by atoms with Gasteiger partial charge in [0.15, 0.2) is 0 Å². The summed E-state index contributed by atoms with van der Waals surface area (Å²) in [4.78, 5) is 15.6. The third kappa shape index (κ3) is 5.44. The molecule has 0 aliphatic carbocycles. The number of carbonyl (C=O) groups excluding carboxylic acids is 1. The van der Waals surface area contributed by atoms with Crippen molar-refractivity contribution in [1.82, 2.24) is 15.6 Å². The number of hydrogen-bond acceptors (Lipinski definition) is 3. The summed E-state index contributed by atoms with van der Waals surface area (Å²) in [6.45, 7) is 3.66. The molecule has 1 aromatic carbocycles. The summed E-state index contributed by atoms with van der Waals surface area (Å²) < 4.78 is 5.67. The maximum absolute atomic E-state index is 11.6. The average molecular weight is 299 g/mol. The minimum atomic E-state index is -0.173. The van der Waals surface area contributed by atoms with E-state index in [9.17, 15) is 4.79 Å². The number of nitrogens with one attached hydrogen (secondary N) is 2. The molecule has 0 unspecified atom stereocenters. The Hall–Kier alpha value is -2.56. The Morgan fingerprint density at radius 2 is 1.91 bits per heavy atom. The predicted octanol–water partition coefficient (Wildman–Crippen LogP) is 2.66. The van der Waals surface area contributed by atoms with Crippen LogP contribution in [0.1, 0.15) is 17.5 Å². The first kappa shape index (κ1) is 15.8. The number of carbonyl (C=O) groups is 1. The van der Waals surface area contributed by atoms with Gasteiger partial charge >= 0.3 is 6.03 Å². The number of para-hydroxylation sites is 1. The van der Waals surface area contributed by atoms with Crippen LogP contribution in [-0.2, 0) is 6.54 Å². The van der Waals surface area contributed by atoms with Crippen LogP contribution in [0.2, 0.25) is 0 Å². The fourth-order valence-electron chi connectivity index (χ4n) is 1.92. The Balaban J connectivity index is 1.57. The summed E-state index contributed by atoms with van der Waals surface area (Å²) in [7, 11) is 0. The van der Waals surface area contributed by atoms with Gasteiger partial charge in [0.2, 0.25) is 0 Å². The standard InChI is InChI=1S/C17H21N3O2/c1-14-5-2-3-6-16(14)22-12-4-9-19-17(21)20-13-15-7-10-18-11-8-15/h2-3,5-8,10-11H,4,9,12-13H2,1H3,(H2,19,20,21). The molecule has 1 aromatic heterocycles. The molecule has 2 N–H and O–H groups in total. The van der Waals surface area contributed by atoms with Gasteiger partial charge in [-0.25, -0.2) is 4.79 Å². The number of pyridine rings is 1. The maximum atomic E-state index is 11.6. The zero-order chi connectivity index (χ0) is 15.6. The van der Waals surface area contributed by atoms with Crippen molar-refractivity contribution in [2.24, 2.45) is 0 Å². The lowest BCUT2D eigenvalue weighted by Crippen LogP contribution is -2.36. The molecule has 2 amide bonds. The van der Waals surface area contributed by atoms with Gasteiger partial charge in [0.25, 0.3) is 0 Å². The summed E-state index contributed by atoms with van der Waals surface area (Å²) in [5.74, 6) is 0.893. The van der Waals surface area contributed by atoms with Gasteiger partial charge in [-0.2, -0.15) is 0 Å². The van der Waals surface area contributed by atoms with Crippen molar-refractivity contribution < 1.29 is 9.53 Å². The second kappa shape index (κ2) is 8.67. The molecular weight excluding hydrogens is 278 g/mol. The molecule has 0 atom stereocenters. The van der Waals surface area contributed by atoms with Crippen LogP contribution in [0.3, 0.4) is 0 Å². The molecule has 2 rings (SSSR count). The van der Waals surface area contributed by atoms with E-state index in [0.29, 0.717) is 19.7 Å². The first-order valence-corrected chi connectivity index (χ1v) is 7.35. The van der Waals surface area contributed by atoms with Crippen molar-refractivity contribution in [3.63, 3.8) is 0 Å². The fourth-order valence-corrected chi connectivity index (χ4v) is 1.92. The van der Waals surface area contributed by atoms with Crippen LogP contribution < -0.4 is 15.4 Å². The number of aryl methyl sites for hydroxylation is 1. The number of ether oxygens (including phenoxy) is 1. The van der Waals surface area contributed by atoms with Crippen molar-refractivity contribution in [3.8, 4) is 5.75 Å². The molecule has 5 nitrogen and oxygen atoms in total. The average Bonchev–Trinajstić information content (AvgIpc) is 2.55. The van der Waals surface area contributed by atoms with E-state index in [-0.39, 0.29) is 6.03 Å².